The minimum absolute atomic E-state index is 0.0263. The number of nitrogens with zero attached hydrogens (tertiary/aromatic N) is 3. The molecule has 1 aliphatic heterocycles. The molecule has 124 valence electrons. The molecule has 1 aromatic carbocycles. The van der Waals surface area contributed by atoms with Gasteiger partial charge in [0.1, 0.15) is 6.10 Å². The molecule has 2 atom stereocenters. The number of hydrogen-bond acceptors (Lipinski definition) is 4. The molecule has 0 aliphatic carbocycles. The van der Waals surface area contributed by atoms with Crippen LogP contribution in [0, 0.1) is 0 Å². The van der Waals surface area contributed by atoms with E-state index in [0.29, 0.717) is 19.5 Å². The van der Waals surface area contributed by atoms with Gasteiger partial charge in [-0.15, -0.1) is 11.3 Å². The lowest BCUT2D eigenvalue weighted by Crippen LogP contribution is -2.46. The first kappa shape index (κ1) is 15.4. The first-order valence-corrected chi connectivity index (χ1v) is 8.96. The number of aromatic nitrogens is 2. The standard InChI is InChI=1S/C18H19N3O2S/c1-13-10-21(12-16(23-13)14-5-3-2-4-6-14)17(22)9-15-11-20-7-8-24-18(20)19-15/h2-8,11,13,16H,9-10,12H2,1H3/t13-,16+/m1/s1. The molecule has 3 aromatic rings. The summed E-state index contributed by atoms with van der Waals surface area (Å²) in [5, 5.41) is 1.99. The molecule has 0 saturated carbocycles. The van der Waals surface area contributed by atoms with Crippen molar-refractivity contribution in [2.75, 3.05) is 13.1 Å². The highest BCUT2D eigenvalue weighted by atomic mass is 32.1. The number of carbonyl (C=O) groups excluding carboxylic acids is 1. The molecule has 0 bridgehead atoms. The fourth-order valence-corrected chi connectivity index (χ4v) is 3.85. The second kappa shape index (κ2) is 6.37. The van der Waals surface area contributed by atoms with Crippen LogP contribution >= 0.6 is 11.3 Å². The summed E-state index contributed by atoms with van der Waals surface area (Å²) < 4.78 is 7.99. The zero-order chi connectivity index (χ0) is 16.5. The summed E-state index contributed by atoms with van der Waals surface area (Å²) in [6.07, 6.45) is 4.19. The van der Waals surface area contributed by atoms with E-state index in [1.807, 2.05) is 52.2 Å². The Kier molecular flexibility index (Phi) is 4.08. The number of benzene rings is 1. The van der Waals surface area contributed by atoms with E-state index in [1.165, 1.54) is 0 Å². The maximum Gasteiger partial charge on any atom is 0.228 e. The fourth-order valence-electron chi connectivity index (χ4n) is 3.13. The minimum Gasteiger partial charge on any atom is -0.367 e. The Morgan fingerprint density at radius 3 is 2.96 bits per heavy atom. The van der Waals surface area contributed by atoms with E-state index < -0.39 is 0 Å². The van der Waals surface area contributed by atoms with Crippen LogP contribution in [0.25, 0.3) is 4.96 Å². The molecule has 1 amide bonds. The van der Waals surface area contributed by atoms with E-state index in [1.54, 1.807) is 11.3 Å². The minimum atomic E-state index is -0.0654. The van der Waals surface area contributed by atoms with Crippen molar-refractivity contribution in [1.82, 2.24) is 14.3 Å². The quantitative estimate of drug-likeness (QED) is 0.736. The maximum absolute atomic E-state index is 12.7. The number of rotatable bonds is 3. The molecule has 0 N–H and O–H groups in total. The highest BCUT2D eigenvalue weighted by Gasteiger charge is 2.29. The summed E-state index contributed by atoms with van der Waals surface area (Å²) in [7, 11) is 0. The molecule has 3 heterocycles. The summed E-state index contributed by atoms with van der Waals surface area (Å²) in [5.41, 5.74) is 1.94. The van der Waals surface area contributed by atoms with Crippen LogP contribution in [0.15, 0.2) is 48.1 Å². The number of morpholine rings is 1. The van der Waals surface area contributed by atoms with Gasteiger partial charge in [0, 0.05) is 24.3 Å². The van der Waals surface area contributed by atoms with E-state index in [-0.39, 0.29) is 18.1 Å². The third-order valence-corrected chi connectivity index (χ3v) is 5.03. The van der Waals surface area contributed by atoms with Gasteiger partial charge in [-0.1, -0.05) is 30.3 Å². The van der Waals surface area contributed by atoms with Crippen LogP contribution in [-0.2, 0) is 16.0 Å². The SMILES string of the molecule is C[C@@H]1CN(C(=O)Cc2cn3ccsc3n2)C[C@@H](c2ccccc2)O1. The van der Waals surface area contributed by atoms with Crippen LogP contribution in [0.2, 0.25) is 0 Å². The Morgan fingerprint density at radius 1 is 1.33 bits per heavy atom. The monoisotopic (exact) mass is 341 g/mol. The largest absolute Gasteiger partial charge is 0.367 e. The topological polar surface area (TPSA) is 46.8 Å². The van der Waals surface area contributed by atoms with Crippen molar-refractivity contribution in [3.8, 4) is 0 Å². The van der Waals surface area contributed by atoms with E-state index in [9.17, 15) is 4.79 Å². The Hall–Kier alpha value is -2.18. The predicted octanol–water partition coefficient (Wildman–Crippen LogP) is 2.93. The highest BCUT2D eigenvalue weighted by Crippen LogP contribution is 2.25. The average Bonchev–Trinajstić information content (AvgIpc) is 3.16. The second-order valence-electron chi connectivity index (χ2n) is 6.15. The summed E-state index contributed by atoms with van der Waals surface area (Å²) >= 11 is 1.58. The number of hydrogen-bond donors (Lipinski definition) is 0. The van der Waals surface area contributed by atoms with Crippen molar-refractivity contribution in [1.29, 1.82) is 0 Å². The molecule has 6 heteroatoms. The lowest BCUT2D eigenvalue weighted by Gasteiger charge is -2.37. The third-order valence-electron chi connectivity index (χ3n) is 4.26. The Morgan fingerprint density at radius 2 is 2.17 bits per heavy atom. The number of thiazole rings is 1. The van der Waals surface area contributed by atoms with Crippen LogP contribution in [0.4, 0.5) is 0 Å². The molecule has 1 saturated heterocycles. The maximum atomic E-state index is 12.7. The van der Waals surface area contributed by atoms with E-state index in [2.05, 4.69) is 17.1 Å². The van der Waals surface area contributed by atoms with Crippen molar-refractivity contribution < 1.29 is 9.53 Å². The summed E-state index contributed by atoms with van der Waals surface area (Å²) in [5.74, 6) is 0.108. The number of fused-ring (bicyclic) bond motifs is 1. The van der Waals surface area contributed by atoms with E-state index in [4.69, 9.17) is 4.74 Å². The number of ether oxygens (including phenoxy) is 1. The summed E-state index contributed by atoms with van der Waals surface area (Å²) in [6, 6.07) is 10.1. The Labute approximate surface area is 144 Å². The van der Waals surface area contributed by atoms with Crippen LogP contribution in [0.5, 0.6) is 0 Å². The van der Waals surface area contributed by atoms with Gasteiger partial charge in [0.25, 0.3) is 0 Å². The molecule has 1 aliphatic rings. The smallest absolute Gasteiger partial charge is 0.228 e. The number of amides is 1. The fraction of sp³-hybridized carbons (Fsp3) is 0.333. The molecule has 5 nitrogen and oxygen atoms in total. The van der Waals surface area contributed by atoms with Crippen molar-refractivity contribution >= 4 is 22.2 Å². The molecular weight excluding hydrogens is 322 g/mol. The van der Waals surface area contributed by atoms with Gasteiger partial charge in [-0.25, -0.2) is 4.98 Å². The van der Waals surface area contributed by atoms with Gasteiger partial charge < -0.3 is 9.64 Å². The summed E-state index contributed by atoms with van der Waals surface area (Å²) in [4.78, 5) is 20.0. The zero-order valence-corrected chi connectivity index (χ0v) is 14.3. The Balaban J connectivity index is 1.47. The second-order valence-corrected chi connectivity index (χ2v) is 7.02. The number of imidazole rings is 1. The van der Waals surface area contributed by atoms with E-state index in [0.717, 1.165) is 16.2 Å². The van der Waals surface area contributed by atoms with Gasteiger partial charge in [-0.3, -0.25) is 9.20 Å². The lowest BCUT2D eigenvalue weighted by atomic mass is 10.1. The zero-order valence-electron chi connectivity index (χ0n) is 13.5. The van der Waals surface area contributed by atoms with Crippen molar-refractivity contribution in [2.24, 2.45) is 0 Å². The molecule has 2 aromatic heterocycles. The highest BCUT2D eigenvalue weighted by molar-refractivity contribution is 7.15. The van der Waals surface area contributed by atoms with Crippen LogP contribution in [-0.4, -0.2) is 39.4 Å². The molecular formula is C18H19N3O2S. The Bertz CT molecular complexity index is 814. The van der Waals surface area contributed by atoms with Crippen LogP contribution < -0.4 is 0 Å². The number of carbonyl (C=O) groups is 1. The summed E-state index contributed by atoms with van der Waals surface area (Å²) in [6.45, 7) is 3.24. The lowest BCUT2D eigenvalue weighted by molar-refractivity contribution is -0.144. The molecule has 0 unspecified atom stereocenters. The van der Waals surface area contributed by atoms with Gasteiger partial charge >= 0.3 is 0 Å². The predicted molar refractivity (Wildman–Crippen MR) is 93.1 cm³/mol. The van der Waals surface area contributed by atoms with Crippen molar-refractivity contribution in [3.05, 3.63) is 59.4 Å². The van der Waals surface area contributed by atoms with Crippen LogP contribution in [0.3, 0.4) is 0 Å². The normalized spacial score (nSPS) is 21.3. The molecule has 0 spiro atoms. The van der Waals surface area contributed by atoms with Gasteiger partial charge in [-0.05, 0) is 12.5 Å². The van der Waals surface area contributed by atoms with Crippen LogP contribution in [0.1, 0.15) is 24.3 Å². The first-order chi connectivity index (χ1) is 11.7. The van der Waals surface area contributed by atoms with E-state index >= 15 is 0 Å². The third kappa shape index (κ3) is 3.07. The van der Waals surface area contributed by atoms with Gasteiger partial charge in [0.05, 0.1) is 24.8 Å². The van der Waals surface area contributed by atoms with Crippen molar-refractivity contribution in [2.45, 2.75) is 25.6 Å². The van der Waals surface area contributed by atoms with Gasteiger partial charge in [-0.2, -0.15) is 0 Å². The van der Waals surface area contributed by atoms with Gasteiger partial charge in [0.2, 0.25) is 5.91 Å². The molecule has 4 rings (SSSR count). The van der Waals surface area contributed by atoms with Crippen molar-refractivity contribution in [3.63, 3.8) is 0 Å². The average molecular weight is 341 g/mol. The molecule has 0 radical (unpaired) electrons. The molecule has 24 heavy (non-hydrogen) atoms. The first-order valence-electron chi connectivity index (χ1n) is 8.08. The van der Waals surface area contributed by atoms with Gasteiger partial charge in [0.15, 0.2) is 4.96 Å². The molecule has 1 fully saturated rings.